The first-order valence-corrected chi connectivity index (χ1v) is 9.84. The summed E-state index contributed by atoms with van der Waals surface area (Å²) in [4.78, 5) is 9.51. The van der Waals surface area contributed by atoms with Gasteiger partial charge in [0, 0.05) is 31.5 Å². The van der Waals surface area contributed by atoms with Gasteiger partial charge in [0.2, 0.25) is 0 Å². The number of aromatic nitrogens is 1. The number of benzene rings is 2. The van der Waals surface area contributed by atoms with E-state index in [2.05, 4.69) is 89.8 Å². The van der Waals surface area contributed by atoms with Crippen molar-refractivity contribution in [3.05, 3.63) is 90.1 Å². The van der Waals surface area contributed by atoms with E-state index in [1.54, 1.807) is 0 Å². The third-order valence-electron chi connectivity index (χ3n) is 5.48. The Morgan fingerprint density at radius 2 is 1.67 bits per heavy atom. The molecule has 1 atom stereocenters. The van der Waals surface area contributed by atoms with Crippen LogP contribution in [0.25, 0.3) is 0 Å². The summed E-state index contributed by atoms with van der Waals surface area (Å²) in [5, 5.41) is 0. The molecule has 1 fully saturated rings. The van der Waals surface area contributed by atoms with Gasteiger partial charge in [0.15, 0.2) is 0 Å². The van der Waals surface area contributed by atoms with Gasteiger partial charge in [-0.25, -0.2) is 4.98 Å². The summed E-state index contributed by atoms with van der Waals surface area (Å²) in [6, 6.07) is 26.0. The standard InChI is InChI=1S/C24H27N3/c1-26(22-12-6-3-7-13-22)24-16-15-21(18-25-24)23-14-8-9-17-27(23)19-20-10-4-2-5-11-20/h2-7,10-13,15-16,18,23H,8-9,14,17,19H2,1H3. The van der Waals surface area contributed by atoms with Crippen molar-refractivity contribution < 1.29 is 0 Å². The number of piperidine rings is 1. The molecule has 0 spiro atoms. The van der Waals surface area contributed by atoms with Crippen LogP contribution in [0.3, 0.4) is 0 Å². The summed E-state index contributed by atoms with van der Waals surface area (Å²) in [5.41, 5.74) is 3.87. The number of hydrogen-bond acceptors (Lipinski definition) is 3. The van der Waals surface area contributed by atoms with Crippen LogP contribution < -0.4 is 4.90 Å². The number of para-hydroxylation sites is 1. The molecule has 4 rings (SSSR count). The summed E-state index contributed by atoms with van der Waals surface area (Å²) in [7, 11) is 2.07. The third-order valence-corrected chi connectivity index (χ3v) is 5.48. The molecule has 1 unspecified atom stereocenters. The second-order valence-electron chi connectivity index (χ2n) is 7.31. The highest BCUT2D eigenvalue weighted by molar-refractivity contribution is 5.58. The van der Waals surface area contributed by atoms with Crippen molar-refractivity contribution in [3.63, 3.8) is 0 Å². The molecular weight excluding hydrogens is 330 g/mol. The number of rotatable bonds is 5. The van der Waals surface area contributed by atoms with E-state index in [9.17, 15) is 0 Å². The Labute approximate surface area is 162 Å². The molecule has 0 saturated carbocycles. The number of likely N-dealkylation sites (tertiary alicyclic amines) is 1. The van der Waals surface area contributed by atoms with Crippen LogP contribution in [-0.2, 0) is 6.54 Å². The van der Waals surface area contributed by atoms with E-state index >= 15 is 0 Å². The molecule has 3 nitrogen and oxygen atoms in total. The zero-order chi connectivity index (χ0) is 18.5. The summed E-state index contributed by atoms with van der Waals surface area (Å²) >= 11 is 0. The maximum atomic E-state index is 4.77. The predicted octanol–water partition coefficient (Wildman–Crippen LogP) is 5.58. The van der Waals surface area contributed by atoms with Gasteiger partial charge in [0.25, 0.3) is 0 Å². The van der Waals surface area contributed by atoms with Gasteiger partial charge in [0.1, 0.15) is 5.82 Å². The van der Waals surface area contributed by atoms with E-state index in [1.165, 1.54) is 30.4 Å². The third kappa shape index (κ3) is 4.20. The highest BCUT2D eigenvalue weighted by Gasteiger charge is 2.24. The highest BCUT2D eigenvalue weighted by Crippen LogP contribution is 2.32. The normalized spacial score (nSPS) is 17.6. The lowest BCUT2D eigenvalue weighted by atomic mass is 9.95. The predicted molar refractivity (Wildman–Crippen MR) is 112 cm³/mol. The molecule has 3 aromatic rings. The molecule has 0 amide bonds. The maximum Gasteiger partial charge on any atom is 0.132 e. The molecule has 2 aromatic carbocycles. The Morgan fingerprint density at radius 1 is 0.926 bits per heavy atom. The Hall–Kier alpha value is -2.65. The van der Waals surface area contributed by atoms with Crippen LogP contribution in [0.4, 0.5) is 11.5 Å². The zero-order valence-corrected chi connectivity index (χ0v) is 16.0. The van der Waals surface area contributed by atoms with Crippen LogP contribution in [0, 0.1) is 0 Å². The van der Waals surface area contributed by atoms with Crippen molar-refractivity contribution in [1.29, 1.82) is 0 Å². The van der Waals surface area contributed by atoms with Crippen LogP contribution in [0.5, 0.6) is 0 Å². The molecule has 0 bridgehead atoms. The van der Waals surface area contributed by atoms with Crippen LogP contribution in [0.1, 0.15) is 36.4 Å². The molecule has 1 aromatic heterocycles. The highest BCUT2D eigenvalue weighted by atomic mass is 15.2. The van der Waals surface area contributed by atoms with E-state index in [4.69, 9.17) is 4.98 Å². The van der Waals surface area contributed by atoms with E-state index in [0.29, 0.717) is 6.04 Å². The maximum absolute atomic E-state index is 4.77. The first-order valence-electron chi connectivity index (χ1n) is 9.84. The van der Waals surface area contributed by atoms with E-state index in [1.807, 2.05) is 6.07 Å². The molecule has 1 saturated heterocycles. The fourth-order valence-corrected chi connectivity index (χ4v) is 3.95. The van der Waals surface area contributed by atoms with Gasteiger partial charge in [-0.2, -0.15) is 0 Å². The van der Waals surface area contributed by atoms with Crippen molar-refractivity contribution in [2.45, 2.75) is 31.8 Å². The zero-order valence-electron chi connectivity index (χ0n) is 16.0. The van der Waals surface area contributed by atoms with Crippen LogP contribution in [0.2, 0.25) is 0 Å². The molecule has 0 N–H and O–H groups in total. The van der Waals surface area contributed by atoms with Crippen LogP contribution >= 0.6 is 0 Å². The fourth-order valence-electron chi connectivity index (χ4n) is 3.95. The Morgan fingerprint density at radius 3 is 2.37 bits per heavy atom. The molecule has 0 aliphatic carbocycles. The van der Waals surface area contributed by atoms with E-state index in [-0.39, 0.29) is 0 Å². The van der Waals surface area contributed by atoms with Crippen molar-refractivity contribution in [2.24, 2.45) is 0 Å². The van der Waals surface area contributed by atoms with Crippen LogP contribution in [0.15, 0.2) is 79.0 Å². The molecule has 27 heavy (non-hydrogen) atoms. The lowest BCUT2D eigenvalue weighted by Crippen LogP contribution is -2.33. The first kappa shape index (κ1) is 17.7. The van der Waals surface area contributed by atoms with Gasteiger partial charge < -0.3 is 4.90 Å². The quantitative estimate of drug-likeness (QED) is 0.594. The average Bonchev–Trinajstić information content (AvgIpc) is 2.75. The minimum atomic E-state index is 0.461. The molecule has 3 heteroatoms. The number of pyridine rings is 1. The lowest BCUT2D eigenvalue weighted by molar-refractivity contribution is 0.140. The molecule has 2 heterocycles. The van der Waals surface area contributed by atoms with E-state index in [0.717, 1.165) is 24.6 Å². The molecule has 138 valence electrons. The monoisotopic (exact) mass is 357 g/mol. The van der Waals surface area contributed by atoms with Gasteiger partial charge in [-0.1, -0.05) is 61.0 Å². The SMILES string of the molecule is CN(c1ccccc1)c1ccc(C2CCCCN2Cc2ccccc2)cn1. The van der Waals surface area contributed by atoms with Crippen molar-refractivity contribution >= 4 is 11.5 Å². The first-order chi connectivity index (χ1) is 13.3. The Balaban J connectivity index is 1.51. The summed E-state index contributed by atoms with van der Waals surface area (Å²) in [5.74, 6) is 0.982. The fraction of sp³-hybridized carbons (Fsp3) is 0.292. The van der Waals surface area contributed by atoms with Gasteiger partial charge in [0.05, 0.1) is 0 Å². The molecule has 1 aliphatic rings. The number of hydrogen-bond donors (Lipinski definition) is 0. The summed E-state index contributed by atoms with van der Waals surface area (Å²) < 4.78 is 0. The smallest absolute Gasteiger partial charge is 0.132 e. The minimum absolute atomic E-state index is 0.461. The topological polar surface area (TPSA) is 19.4 Å². The van der Waals surface area contributed by atoms with Crippen LogP contribution in [-0.4, -0.2) is 23.5 Å². The summed E-state index contributed by atoms with van der Waals surface area (Å²) in [6.45, 7) is 2.17. The van der Waals surface area contributed by atoms with Gasteiger partial charge in [-0.05, 0) is 48.7 Å². The number of anilines is 2. The number of nitrogens with zero attached hydrogens (tertiary/aromatic N) is 3. The second-order valence-corrected chi connectivity index (χ2v) is 7.31. The van der Waals surface area contributed by atoms with E-state index < -0.39 is 0 Å². The molecule has 0 radical (unpaired) electrons. The van der Waals surface area contributed by atoms with Crippen molar-refractivity contribution in [2.75, 3.05) is 18.5 Å². The Bertz CT molecular complexity index is 831. The van der Waals surface area contributed by atoms with Gasteiger partial charge in [-0.15, -0.1) is 0 Å². The van der Waals surface area contributed by atoms with Crippen molar-refractivity contribution in [3.8, 4) is 0 Å². The van der Waals surface area contributed by atoms with Gasteiger partial charge in [-0.3, -0.25) is 4.90 Å². The average molecular weight is 358 g/mol. The summed E-state index contributed by atoms with van der Waals surface area (Å²) in [6.07, 6.45) is 5.86. The molecular formula is C24H27N3. The molecule has 1 aliphatic heterocycles. The largest absolute Gasteiger partial charge is 0.329 e. The second kappa shape index (κ2) is 8.36. The minimum Gasteiger partial charge on any atom is -0.329 e. The lowest BCUT2D eigenvalue weighted by Gasteiger charge is -2.36. The van der Waals surface area contributed by atoms with Crippen molar-refractivity contribution in [1.82, 2.24) is 9.88 Å². The Kier molecular flexibility index (Phi) is 5.50. The van der Waals surface area contributed by atoms with Gasteiger partial charge >= 0.3 is 0 Å².